The quantitative estimate of drug-likeness (QED) is 0.819. The topological polar surface area (TPSA) is 52.7 Å². The van der Waals surface area contributed by atoms with Crippen LogP contribution in [0.2, 0.25) is 0 Å². The zero-order valence-corrected chi connectivity index (χ0v) is 13.8. The Morgan fingerprint density at radius 2 is 2.05 bits per heavy atom. The Bertz CT molecular complexity index is 413. The average Bonchev–Trinajstić information content (AvgIpc) is 2.43. The van der Waals surface area contributed by atoms with Crippen LogP contribution in [0.5, 0.6) is 0 Å². The van der Waals surface area contributed by atoms with E-state index in [1.165, 1.54) is 12.8 Å². The van der Waals surface area contributed by atoms with Gasteiger partial charge < -0.3 is 5.32 Å². The molecule has 2 aliphatic rings. The van der Waals surface area contributed by atoms with Crippen LogP contribution < -0.4 is 5.32 Å². The van der Waals surface area contributed by atoms with E-state index in [2.05, 4.69) is 10.2 Å². The molecule has 2 fully saturated rings. The molecule has 2 heterocycles. The van der Waals surface area contributed by atoms with E-state index in [0.29, 0.717) is 19.1 Å². The molecule has 0 radical (unpaired) electrons. The van der Waals surface area contributed by atoms with Crippen LogP contribution in [0.1, 0.15) is 40.0 Å². The molecular weight excluding hydrogens is 274 g/mol. The predicted octanol–water partition coefficient (Wildman–Crippen LogP) is 0.873. The van der Waals surface area contributed by atoms with Crippen LogP contribution in [-0.4, -0.2) is 67.7 Å². The van der Waals surface area contributed by atoms with Gasteiger partial charge in [-0.2, -0.15) is 4.31 Å². The maximum absolute atomic E-state index is 12.7. The summed E-state index contributed by atoms with van der Waals surface area (Å²) < 4.78 is 27.3. The van der Waals surface area contributed by atoms with Gasteiger partial charge in [0, 0.05) is 31.7 Å². The van der Waals surface area contributed by atoms with Crippen molar-refractivity contribution < 1.29 is 8.42 Å². The van der Waals surface area contributed by atoms with Gasteiger partial charge in [0.15, 0.2) is 0 Å². The molecule has 2 aliphatic heterocycles. The van der Waals surface area contributed by atoms with Crippen molar-refractivity contribution in [2.75, 3.05) is 32.7 Å². The second kappa shape index (κ2) is 6.73. The van der Waals surface area contributed by atoms with Crippen molar-refractivity contribution in [2.45, 2.75) is 57.4 Å². The molecule has 0 aromatic carbocycles. The molecule has 0 bridgehead atoms. The Morgan fingerprint density at radius 3 is 2.75 bits per heavy atom. The lowest BCUT2D eigenvalue weighted by Gasteiger charge is -2.47. The van der Waals surface area contributed by atoms with Crippen molar-refractivity contribution in [1.82, 2.24) is 14.5 Å². The lowest BCUT2D eigenvalue weighted by molar-refractivity contribution is 0.0560. The molecule has 1 N–H and O–H groups in total. The first kappa shape index (κ1) is 16.2. The molecule has 3 atom stereocenters. The van der Waals surface area contributed by atoms with Crippen LogP contribution >= 0.6 is 0 Å². The molecule has 0 amide bonds. The summed E-state index contributed by atoms with van der Waals surface area (Å²) in [6.07, 6.45) is 3.63. The molecule has 0 aromatic heterocycles. The molecule has 0 saturated carbocycles. The molecule has 20 heavy (non-hydrogen) atoms. The number of hydrogen-bond donors (Lipinski definition) is 1. The summed E-state index contributed by atoms with van der Waals surface area (Å²) in [5.74, 6) is 0. The largest absolute Gasteiger partial charge is 0.316 e. The van der Waals surface area contributed by atoms with Gasteiger partial charge in [-0.3, -0.25) is 4.90 Å². The standard InChI is InChI=1S/C14H29N3O2S/c1-4-15-9-13(3)20(18,19)17-11-14-7-5-6-8-16(14)10-12(17)2/h12-15H,4-11H2,1-3H3. The number of sulfonamides is 1. The summed E-state index contributed by atoms with van der Waals surface area (Å²) >= 11 is 0. The Kier molecular flexibility index (Phi) is 5.45. The molecule has 6 heteroatoms. The van der Waals surface area contributed by atoms with E-state index in [1.54, 1.807) is 4.31 Å². The summed E-state index contributed by atoms with van der Waals surface area (Å²) in [7, 11) is -3.19. The maximum atomic E-state index is 12.7. The number of hydrogen-bond acceptors (Lipinski definition) is 4. The highest BCUT2D eigenvalue weighted by molar-refractivity contribution is 7.89. The SMILES string of the molecule is CCNCC(C)S(=O)(=O)N1CC2CCCCN2CC1C. The fourth-order valence-corrected chi connectivity index (χ4v) is 5.10. The lowest BCUT2D eigenvalue weighted by atomic mass is 9.99. The molecule has 2 rings (SSSR count). The van der Waals surface area contributed by atoms with Crippen molar-refractivity contribution >= 4 is 10.0 Å². The zero-order valence-electron chi connectivity index (χ0n) is 13.0. The van der Waals surface area contributed by atoms with Crippen molar-refractivity contribution in [3.8, 4) is 0 Å². The van der Waals surface area contributed by atoms with E-state index in [1.807, 2.05) is 20.8 Å². The number of nitrogens with zero attached hydrogens (tertiary/aromatic N) is 2. The maximum Gasteiger partial charge on any atom is 0.218 e. The van der Waals surface area contributed by atoms with E-state index in [9.17, 15) is 8.42 Å². The van der Waals surface area contributed by atoms with Gasteiger partial charge in [-0.15, -0.1) is 0 Å². The van der Waals surface area contributed by atoms with Gasteiger partial charge in [-0.1, -0.05) is 13.3 Å². The third-order valence-corrected chi connectivity index (χ3v) is 6.99. The normalized spacial score (nSPS) is 30.9. The fraction of sp³-hybridized carbons (Fsp3) is 1.00. The van der Waals surface area contributed by atoms with Crippen LogP contribution in [0.15, 0.2) is 0 Å². The minimum absolute atomic E-state index is 0.0958. The summed E-state index contributed by atoms with van der Waals surface area (Å²) in [6.45, 7) is 9.92. The summed E-state index contributed by atoms with van der Waals surface area (Å²) in [4.78, 5) is 2.48. The van der Waals surface area contributed by atoms with Crippen LogP contribution in [0, 0.1) is 0 Å². The molecule has 5 nitrogen and oxygen atoms in total. The molecule has 3 unspecified atom stereocenters. The molecule has 0 spiro atoms. The van der Waals surface area contributed by atoms with Gasteiger partial charge in [-0.25, -0.2) is 8.42 Å². The monoisotopic (exact) mass is 303 g/mol. The Labute approximate surface area is 123 Å². The van der Waals surface area contributed by atoms with Gasteiger partial charge in [0.1, 0.15) is 0 Å². The first-order valence-electron chi connectivity index (χ1n) is 7.92. The summed E-state index contributed by atoms with van der Waals surface area (Å²) in [5.41, 5.74) is 0. The van der Waals surface area contributed by atoms with Crippen LogP contribution in [0.4, 0.5) is 0 Å². The average molecular weight is 303 g/mol. The number of nitrogens with one attached hydrogen (secondary N) is 1. The first-order valence-corrected chi connectivity index (χ1v) is 9.42. The van der Waals surface area contributed by atoms with Crippen molar-refractivity contribution in [3.05, 3.63) is 0 Å². The van der Waals surface area contributed by atoms with E-state index in [4.69, 9.17) is 0 Å². The summed E-state index contributed by atoms with van der Waals surface area (Å²) in [5, 5.41) is 2.80. The smallest absolute Gasteiger partial charge is 0.218 e. The Hall–Kier alpha value is -0.170. The van der Waals surface area contributed by atoms with E-state index in [0.717, 1.165) is 26.1 Å². The minimum Gasteiger partial charge on any atom is -0.316 e. The second-order valence-corrected chi connectivity index (χ2v) is 8.53. The number of rotatable bonds is 5. The minimum atomic E-state index is -3.19. The van der Waals surface area contributed by atoms with Gasteiger partial charge >= 0.3 is 0 Å². The highest BCUT2D eigenvalue weighted by Crippen LogP contribution is 2.27. The zero-order chi connectivity index (χ0) is 14.8. The molecular formula is C14H29N3O2S. The molecule has 0 aliphatic carbocycles. The van der Waals surface area contributed by atoms with Gasteiger partial charge in [0.2, 0.25) is 10.0 Å². The van der Waals surface area contributed by atoms with E-state index in [-0.39, 0.29) is 11.3 Å². The van der Waals surface area contributed by atoms with Gasteiger partial charge in [0.05, 0.1) is 5.25 Å². The fourth-order valence-electron chi connectivity index (χ4n) is 3.36. The molecule has 118 valence electrons. The van der Waals surface area contributed by atoms with Gasteiger partial charge in [0.25, 0.3) is 0 Å². The Balaban J connectivity index is 2.06. The van der Waals surface area contributed by atoms with Crippen molar-refractivity contribution in [1.29, 1.82) is 0 Å². The predicted molar refractivity (Wildman–Crippen MR) is 82.3 cm³/mol. The van der Waals surface area contributed by atoms with E-state index >= 15 is 0 Å². The lowest BCUT2D eigenvalue weighted by Crippen LogP contribution is -2.61. The van der Waals surface area contributed by atoms with Crippen LogP contribution in [0.25, 0.3) is 0 Å². The summed E-state index contributed by atoms with van der Waals surface area (Å²) in [6, 6.07) is 0.527. The number of piperidine rings is 1. The molecule has 2 saturated heterocycles. The Morgan fingerprint density at radius 1 is 1.30 bits per heavy atom. The highest BCUT2D eigenvalue weighted by atomic mass is 32.2. The third-order valence-electron chi connectivity index (χ3n) is 4.65. The first-order chi connectivity index (χ1) is 9.46. The van der Waals surface area contributed by atoms with Crippen LogP contribution in [0.3, 0.4) is 0 Å². The second-order valence-electron chi connectivity index (χ2n) is 6.23. The molecule has 0 aromatic rings. The van der Waals surface area contributed by atoms with Crippen molar-refractivity contribution in [2.24, 2.45) is 0 Å². The third kappa shape index (κ3) is 3.35. The van der Waals surface area contributed by atoms with E-state index < -0.39 is 10.0 Å². The highest BCUT2D eigenvalue weighted by Gasteiger charge is 2.40. The van der Waals surface area contributed by atoms with Gasteiger partial charge in [-0.05, 0) is 39.8 Å². The van der Waals surface area contributed by atoms with Crippen molar-refractivity contribution in [3.63, 3.8) is 0 Å². The number of fused-ring (bicyclic) bond motifs is 1. The van der Waals surface area contributed by atoms with Crippen LogP contribution in [-0.2, 0) is 10.0 Å². The number of piperazine rings is 1.